The standard InChI is InChI=1S/C43H25N3/c1-2-12-27(13-3-1)41-30-17-6-9-22-35(30)44-42(45-41)46-36-23-11-21-34-39(36)40-37(46)25-24-26-14-10-20-33(38(26)40)43(34)31-18-7-4-15-28(31)29-16-5-8-19-32(29)43/h1-25H/i4D,5D,7D,8D,15D,16D,18D,19D. The largest absolute Gasteiger partial charge is 0.278 e. The topological polar surface area (TPSA) is 30.7 Å². The zero-order valence-electron chi connectivity index (χ0n) is 32.2. The van der Waals surface area contributed by atoms with Crippen molar-refractivity contribution in [1.82, 2.24) is 14.5 Å². The van der Waals surface area contributed by atoms with Crippen LogP contribution in [0.4, 0.5) is 0 Å². The molecule has 212 valence electrons. The SMILES string of the molecule is [2H]c1c([2H])c([2H])c2c(c1[2H])-c1c([2H])c([2H])c([2H])c([2H])c1C21c2cccc3ccc4c(c23)c2c1cccc2n4-c1nc(-c2ccccc2)c2ccccc2n1. The number of hydrogen-bond donors (Lipinski definition) is 0. The van der Waals surface area contributed by atoms with E-state index >= 15 is 0 Å². The van der Waals surface area contributed by atoms with E-state index in [1.165, 1.54) is 0 Å². The van der Waals surface area contributed by atoms with E-state index in [0.29, 0.717) is 17.1 Å². The lowest BCUT2D eigenvalue weighted by atomic mass is 9.63. The van der Waals surface area contributed by atoms with Crippen LogP contribution in [0.5, 0.6) is 0 Å². The van der Waals surface area contributed by atoms with Crippen LogP contribution in [0.2, 0.25) is 0 Å². The third-order valence-corrected chi connectivity index (χ3v) is 9.82. The molecule has 0 N–H and O–H groups in total. The van der Waals surface area contributed by atoms with Gasteiger partial charge in [-0.2, -0.15) is 0 Å². The second kappa shape index (κ2) is 8.56. The molecule has 0 aliphatic heterocycles. The van der Waals surface area contributed by atoms with Crippen molar-refractivity contribution >= 4 is 43.5 Å². The van der Waals surface area contributed by atoms with E-state index in [2.05, 4.69) is 6.07 Å². The first kappa shape index (κ1) is 18.0. The van der Waals surface area contributed by atoms with Gasteiger partial charge < -0.3 is 0 Å². The number of fused-ring (bicyclic) bond motifs is 8. The molecule has 0 bridgehead atoms. The molecular weight excluding hydrogens is 558 g/mol. The van der Waals surface area contributed by atoms with E-state index in [1.807, 2.05) is 102 Å². The molecule has 3 heteroatoms. The molecule has 2 aliphatic rings. The molecule has 2 aromatic heterocycles. The second-order valence-electron chi connectivity index (χ2n) is 11.9. The monoisotopic (exact) mass is 591 g/mol. The maximum absolute atomic E-state index is 9.50. The Bertz CT molecular complexity index is 3140. The highest BCUT2D eigenvalue weighted by Crippen LogP contribution is 2.61. The molecule has 0 saturated heterocycles. The van der Waals surface area contributed by atoms with Gasteiger partial charge in [-0.05, 0) is 62.4 Å². The number of nitrogens with zero attached hydrogens (tertiary/aromatic N) is 3. The lowest BCUT2D eigenvalue weighted by Crippen LogP contribution is -2.30. The Balaban J connectivity index is 1.37. The molecule has 0 amide bonds. The molecule has 0 saturated carbocycles. The van der Waals surface area contributed by atoms with E-state index in [9.17, 15) is 5.48 Å². The predicted octanol–water partition coefficient (Wildman–Crippen LogP) is 10.2. The molecule has 11 rings (SSSR count). The smallest absolute Gasteiger partial charge is 0.235 e. The third kappa shape index (κ3) is 2.80. The Morgan fingerprint density at radius 3 is 2.00 bits per heavy atom. The van der Waals surface area contributed by atoms with Crippen LogP contribution < -0.4 is 0 Å². The maximum atomic E-state index is 9.50. The molecule has 46 heavy (non-hydrogen) atoms. The summed E-state index contributed by atoms with van der Waals surface area (Å²) >= 11 is 0. The van der Waals surface area contributed by atoms with Crippen molar-refractivity contribution in [2.45, 2.75) is 5.41 Å². The molecular formula is C43H25N3. The minimum Gasteiger partial charge on any atom is -0.278 e. The van der Waals surface area contributed by atoms with Gasteiger partial charge in [-0.25, -0.2) is 9.97 Å². The van der Waals surface area contributed by atoms with Gasteiger partial charge in [-0.15, -0.1) is 0 Å². The van der Waals surface area contributed by atoms with E-state index in [1.54, 1.807) is 0 Å². The van der Waals surface area contributed by atoms with Crippen LogP contribution >= 0.6 is 0 Å². The molecule has 0 unspecified atom stereocenters. The highest BCUT2D eigenvalue weighted by molar-refractivity contribution is 6.26. The molecule has 9 aromatic rings. The minimum absolute atomic E-state index is 0.0948. The zero-order chi connectivity index (χ0) is 36.9. The van der Waals surface area contributed by atoms with Gasteiger partial charge in [-0.3, -0.25) is 4.57 Å². The van der Waals surface area contributed by atoms with E-state index in [4.69, 9.17) is 15.5 Å². The number of para-hydroxylation sites is 1. The Labute approximate surface area is 276 Å². The number of hydrogen-bond acceptors (Lipinski definition) is 2. The first-order chi connectivity index (χ1) is 26.2. The minimum atomic E-state index is -1.52. The summed E-state index contributed by atoms with van der Waals surface area (Å²) in [6, 6.07) is 30.6. The first-order valence-electron chi connectivity index (χ1n) is 19.2. The summed E-state index contributed by atoms with van der Waals surface area (Å²) < 4.78 is 74.6. The summed E-state index contributed by atoms with van der Waals surface area (Å²) in [6.45, 7) is 0. The van der Waals surface area contributed by atoms with Crippen LogP contribution in [0.25, 0.3) is 71.8 Å². The lowest BCUT2D eigenvalue weighted by molar-refractivity contribution is 0.783. The fourth-order valence-corrected chi connectivity index (χ4v) is 8.12. The third-order valence-electron chi connectivity index (χ3n) is 9.82. The van der Waals surface area contributed by atoms with Crippen molar-refractivity contribution in [3.63, 3.8) is 0 Å². The van der Waals surface area contributed by atoms with E-state index in [-0.39, 0.29) is 46.4 Å². The quantitative estimate of drug-likeness (QED) is 0.200. The van der Waals surface area contributed by atoms with Crippen molar-refractivity contribution in [2.24, 2.45) is 0 Å². The van der Waals surface area contributed by atoms with Crippen molar-refractivity contribution in [2.75, 3.05) is 0 Å². The van der Waals surface area contributed by atoms with Crippen LogP contribution in [0.1, 0.15) is 33.2 Å². The fourth-order valence-electron chi connectivity index (χ4n) is 8.12. The summed E-state index contributed by atoms with van der Waals surface area (Å²) in [5.41, 5.74) is 4.54. The highest BCUT2D eigenvalue weighted by atomic mass is 15.2. The van der Waals surface area contributed by atoms with Gasteiger partial charge in [0.05, 0.1) is 38.6 Å². The van der Waals surface area contributed by atoms with Gasteiger partial charge in [0.1, 0.15) is 0 Å². The summed E-state index contributed by atoms with van der Waals surface area (Å²) in [7, 11) is 0. The molecule has 1 spiro atoms. The molecule has 2 heterocycles. The van der Waals surface area contributed by atoms with Gasteiger partial charge >= 0.3 is 0 Å². The Hall–Kier alpha value is -6.06. The predicted molar refractivity (Wildman–Crippen MR) is 188 cm³/mol. The van der Waals surface area contributed by atoms with Gasteiger partial charge in [0.15, 0.2) is 0 Å². The normalized spacial score (nSPS) is 16.3. The van der Waals surface area contributed by atoms with Crippen molar-refractivity contribution in [1.29, 1.82) is 0 Å². The summed E-state index contributed by atoms with van der Waals surface area (Å²) in [4.78, 5) is 10.4. The summed E-state index contributed by atoms with van der Waals surface area (Å²) in [5, 5.41) is 4.34. The lowest BCUT2D eigenvalue weighted by Gasteiger charge is -2.37. The van der Waals surface area contributed by atoms with Gasteiger partial charge in [-0.1, -0.05) is 133 Å². The van der Waals surface area contributed by atoms with Crippen molar-refractivity contribution < 1.29 is 11.0 Å². The molecule has 0 radical (unpaired) electrons. The first-order valence-corrected chi connectivity index (χ1v) is 15.2. The van der Waals surface area contributed by atoms with Gasteiger partial charge in [0.2, 0.25) is 5.95 Å². The zero-order valence-corrected chi connectivity index (χ0v) is 24.2. The Morgan fingerprint density at radius 2 is 1.20 bits per heavy atom. The van der Waals surface area contributed by atoms with Gasteiger partial charge in [0, 0.05) is 21.7 Å². The fraction of sp³-hybridized carbons (Fsp3) is 0.0233. The van der Waals surface area contributed by atoms with Crippen LogP contribution in [-0.2, 0) is 5.41 Å². The maximum Gasteiger partial charge on any atom is 0.235 e. The summed E-state index contributed by atoms with van der Waals surface area (Å²) in [6.07, 6.45) is 0. The second-order valence-corrected chi connectivity index (χ2v) is 11.9. The number of benzene rings is 7. The average molecular weight is 592 g/mol. The molecule has 0 atom stereocenters. The van der Waals surface area contributed by atoms with E-state index < -0.39 is 29.6 Å². The molecule has 2 aliphatic carbocycles. The molecule has 7 aromatic carbocycles. The van der Waals surface area contributed by atoms with E-state index in [0.717, 1.165) is 54.7 Å². The average Bonchev–Trinajstić information content (AvgIpc) is 3.72. The highest BCUT2D eigenvalue weighted by Gasteiger charge is 2.49. The van der Waals surface area contributed by atoms with Crippen molar-refractivity contribution in [3.8, 4) is 28.3 Å². The number of aromatic nitrogens is 3. The Kier molecular flexibility index (Phi) is 3.36. The Morgan fingerprint density at radius 1 is 0.522 bits per heavy atom. The van der Waals surface area contributed by atoms with Gasteiger partial charge in [0.25, 0.3) is 0 Å². The molecule has 3 nitrogen and oxygen atoms in total. The van der Waals surface area contributed by atoms with Crippen LogP contribution in [0, 0.1) is 0 Å². The number of rotatable bonds is 2. The molecule has 0 fully saturated rings. The van der Waals surface area contributed by atoms with Crippen LogP contribution in [-0.4, -0.2) is 14.5 Å². The van der Waals surface area contributed by atoms with Crippen LogP contribution in [0.3, 0.4) is 0 Å². The van der Waals surface area contributed by atoms with Crippen LogP contribution in [0.15, 0.2) is 151 Å². The summed E-state index contributed by atoms with van der Waals surface area (Å²) in [5.74, 6) is 0.452. The van der Waals surface area contributed by atoms with Crippen molar-refractivity contribution in [3.05, 3.63) is 174 Å².